The molecule has 1 aromatic heterocycles. The fourth-order valence-electron chi connectivity index (χ4n) is 2.31. The van der Waals surface area contributed by atoms with Gasteiger partial charge in [0, 0.05) is 5.69 Å². The SMILES string of the molecule is COC(=O)CSc1nnc(N)n1CC(=O)Nc1ccc(Oc2ccccc2)cc1. The van der Waals surface area contributed by atoms with Gasteiger partial charge in [-0.15, -0.1) is 10.2 Å². The highest BCUT2D eigenvalue weighted by atomic mass is 32.2. The summed E-state index contributed by atoms with van der Waals surface area (Å²) in [5.41, 5.74) is 6.38. The molecule has 1 heterocycles. The summed E-state index contributed by atoms with van der Waals surface area (Å²) in [5, 5.41) is 10.8. The van der Waals surface area contributed by atoms with Gasteiger partial charge in [-0.25, -0.2) is 0 Å². The fraction of sp³-hybridized carbons (Fsp3) is 0.158. The van der Waals surface area contributed by atoms with Gasteiger partial charge in [-0.05, 0) is 36.4 Å². The summed E-state index contributed by atoms with van der Waals surface area (Å²) in [6, 6.07) is 16.4. The molecule has 0 saturated carbocycles. The number of ether oxygens (including phenoxy) is 2. The number of para-hydroxylation sites is 1. The molecule has 3 aromatic rings. The van der Waals surface area contributed by atoms with Crippen molar-refractivity contribution in [1.29, 1.82) is 0 Å². The van der Waals surface area contributed by atoms with Crippen molar-refractivity contribution in [2.24, 2.45) is 0 Å². The van der Waals surface area contributed by atoms with Crippen LogP contribution in [-0.2, 0) is 20.9 Å². The Labute approximate surface area is 171 Å². The van der Waals surface area contributed by atoms with Gasteiger partial charge in [0.1, 0.15) is 18.0 Å². The number of carbonyl (C=O) groups is 2. The molecule has 0 aliphatic carbocycles. The van der Waals surface area contributed by atoms with Crippen LogP contribution >= 0.6 is 11.8 Å². The topological polar surface area (TPSA) is 121 Å². The summed E-state index contributed by atoms with van der Waals surface area (Å²) < 4.78 is 11.7. The van der Waals surface area contributed by atoms with E-state index in [9.17, 15) is 9.59 Å². The zero-order valence-corrected chi connectivity index (χ0v) is 16.4. The number of hydrogen-bond donors (Lipinski definition) is 2. The van der Waals surface area contributed by atoms with Gasteiger partial charge in [-0.3, -0.25) is 14.2 Å². The van der Waals surface area contributed by atoms with Crippen molar-refractivity contribution in [2.75, 3.05) is 23.9 Å². The van der Waals surface area contributed by atoms with E-state index in [1.54, 1.807) is 24.3 Å². The van der Waals surface area contributed by atoms with Crippen molar-refractivity contribution in [1.82, 2.24) is 14.8 Å². The number of nitrogens with zero attached hydrogens (tertiary/aromatic N) is 3. The molecule has 29 heavy (non-hydrogen) atoms. The van der Waals surface area contributed by atoms with Crippen molar-refractivity contribution in [3.8, 4) is 11.5 Å². The van der Waals surface area contributed by atoms with E-state index in [1.807, 2.05) is 30.3 Å². The largest absolute Gasteiger partial charge is 0.468 e. The minimum Gasteiger partial charge on any atom is -0.468 e. The monoisotopic (exact) mass is 413 g/mol. The zero-order valence-electron chi connectivity index (χ0n) is 15.6. The van der Waals surface area contributed by atoms with Crippen LogP contribution < -0.4 is 15.8 Å². The number of anilines is 2. The van der Waals surface area contributed by atoms with E-state index in [4.69, 9.17) is 10.5 Å². The van der Waals surface area contributed by atoms with Crippen LogP contribution in [0.15, 0.2) is 59.8 Å². The highest BCUT2D eigenvalue weighted by Gasteiger charge is 2.15. The molecule has 10 heteroatoms. The molecule has 0 unspecified atom stereocenters. The van der Waals surface area contributed by atoms with Gasteiger partial charge < -0.3 is 20.5 Å². The quantitative estimate of drug-likeness (QED) is 0.427. The lowest BCUT2D eigenvalue weighted by atomic mass is 10.3. The molecule has 0 fully saturated rings. The third-order valence-electron chi connectivity index (χ3n) is 3.71. The second kappa shape index (κ2) is 9.60. The minimum absolute atomic E-state index is 0.0408. The highest BCUT2D eigenvalue weighted by molar-refractivity contribution is 7.99. The predicted molar refractivity (Wildman–Crippen MR) is 109 cm³/mol. The number of rotatable bonds is 8. The maximum absolute atomic E-state index is 12.4. The van der Waals surface area contributed by atoms with Crippen LogP contribution in [0.3, 0.4) is 0 Å². The third kappa shape index (κ3) is 5.72. The lowest BCUT2D eigenvalue weighted by Crippen LogP contribution is -2.20. The number of nitrogen functional groups attached to an aromatic ring is 1. The van der Waals surface area contributed by atoms with Gasteiger partial charge in [0.15, 0.2) is 5.16 Å². The Kier molecular flexibility index (Phi) is 6.69. The number of hydrogen-bond acceptors (Lipinski definition) is 8. The number of esters is 1. The van der Waals surface area contributed by atoms with E-state index >= 15 is 0 Å². The number of nitrogens with one attached hydrogen (secondary N) is 1. The van der Waals surface area contributed by atoms with Crippen LogP contribution in [0.5, 0.6) is 11.5 Å². The molecule has 0 radical (unpaired) electrons. The molecule has 0 bridgehead atoms. The van der Waals surface area contributed by atoms with Crippen LogP contribution in [0.2, 0.25) is 0 Å². The number of thioether (sulfide) groups is 1. The first-order valence-electron chi connectivity index (χ1n) is 8.56. The maximum atomic E-state index is 12.4. The normalized spacial score (nSPS) is 10.4. The summed E-state index contributed by atoms with van der Waals surface area (Å²) >= 11 is 1.09. The average Bonchev–Trinajstić information content (AvgIpc) is 3.07. The molecule has 0 saturated heterocycles. The van der Waals surface area contributed by atoms with Gasteiger partial charge in [0.2, 0.25) is 11.9 Å². The molecule has 9 nitrogen and oxygen atoms in total. The Bertz CT molecular complexity index is 976. The summed E-state index contributed by atoms with van der Waals surface area (Å²) in [5.74, 6) is 0.778. The van der Waals surface area contributed by atoms with Gasteiger partial charge in [-0.2, -0.15) is 0 Å². The second-order valence-electron chi connectivity index (χ2n) is 5.78. The lowest BCUT2D eigenvalue weighted by Gasteiger charge is -2.10. The van der Waals surface area contributed by atoms with Gasteiger partial charge >= 0.3 is 5.97 Å². The Morgan fingerprint density at radius 3 is 2.45 bits per heavy atom. The summed E-state index contributed by atoms with van der Waals surface area (Å²) in [6.07, 6.45) is 0. The second-order valence-corrected chi connectivity index (χ2v) is 6.72. The summed E-state index contributed by atoms with van der Waals surface area (Å²) in [6.45, 7) is -0.0927. The first-order chi connectivity index (χ1) is 14.0. The maximum Gasteiger partial charge on any atom is 0.316 e. The Morgan fingerprint density at radius 1 is 1.07 bits per heavy atom. The summed E-state index contributed by atoms with van der Waals surface area (Å²) in [4.78, 5) is 23.7. The van der Waals surface area contributed by atoms with Gasteiger partial charge in [0.25, 0.3) is 0 Å². The number of carbonyl (C=O) groups excluding carboxylic acids is 2. The smallest absolute Gasteiger partial charge is 0.316 e. The van der Waals surface area contributed by atoms with E-state index in [0.29, 0.717) is 16.6 Å². The van der Waals surface area contributed by atoms with Crippen molar-refractivity contribution >= 4 is 35.3 Å². The van der Waals surface area contributed by atoms with Crippen molar-refractivity contribution < 1.29 is 19.1 Å². The molecule has 1 amide bonds. The number of methoxy groups -OCH3 is 1. The number of nitrogens with two attached hydrogens (primary N) is 1. The van der Waals surface area contributed by atoms with Crippen LogP contribution in [-0.4, -0.2) is 39.5 Å². The molecule has 3 rings (SSSR count). The first kappa shape index (κ1) is 20.2. The van der Waals surface area contributed by atoms with E-state index in [1.165, 1.54) is 11.7 Å². The van der Waals surface area contributed by atoms with Crippen molar-refractivity contribution in [3.63, 3.8) is 0 Å². The minimum atomic E-state index is -0.412. The Morgan fingerprint density at radius 2 is 1.76 bits per heavy atom. The molecule has 0 aliphatic heterocycles. The zero-order chi connectivity index (χ0) is 20.6. The molecular weight excluding hydrogens is 394 g/mol. The average molecular weight is 413 g/mol. The van der Waals surface area contributed by atoms with E-state index in [2.05, 4.69) is 20.3 Å². The van der Waals surface area contributed by atoms with Crippen molar-refractivity contribution in [2.45, 2.75) is 11.7 Å². The van der Waals surface area contributed by atoms with Crippen LogP contribution in [0, 0.1) is 0 Å². The Hall–Kier alpha value is -3.53. The number of aromatic nitrogens is 3. The molecular formula is C19H19N5O4S. The van der Waals surface area contributed by atoms with E-state index in [0.717, 1.165) is 17.5 Å². The number of amides is 1. The fourth-order valence-corrected chi connectivity index (χ4v) is 3.09. The van der Waals surface area contributed by atoms with Crippen molar-refractivity contribution in [3.05, 3.63) is 54.6 Å². The molecule has 3 N–H and O–H groups in total. The van der Waals surface area contributed by atoms with Gasteiger partial charge in [-0.1, -0.05) is 30.0 Å². The van der Waals surface area contributed by atoms with Crippen LogP contribution in [0.1, 0.15) is 0 Å². The molecule has 150 valence electrons. The van der Waals surface area contributed by atoms with Crippen LogP contribution in [0.25, 0.3) is 0 Å². The Balaban J connectivity index is 1.58. The molecule has 0 aliphatic rings. The highest BCUT2D eigenvalue weighted by Crippen LogP contribution is 2.23. The van der Waals surface area contributed by atoms with Gasteiger partial charge in [0.05, 0.1) is 12.9 Å². The molecule has 2 aromatic carbocycles. The van der Waals surface area contributed by atoms with E-state index in [-0.39, 0.29) is 24.2 Å². The van der Waals surface area contributed by atoms with E-state index < -0.39 is 5.97 Å². The standard InChI is InChI=1S/C19H19N5O4S/c1-27-17(26)12-29-19-23-22-18(20)24(19)11-16(25)21-13-7-9-15(10-8-13)28-14-5-3-2-4-6-14/h2-10H,11-12H2,1H3,(H2,20,22)(H,21,25). The van der Waals surface area contributed by atoms with Crippen LogP contribution in [0.4, 0.5) is 11.6 Å². The predicted octanol–water partition coefficient (Wildman–Crippen LogP) is 2.56. The number of benzene rings is 2. The third-order valence-corrected chi connectivity index (χ3v) is 4.65. The first-order valence-corrected chi connectivity index (χ1v) is 9.55. The lowest BCUT2D eigenvalue weighted by molar-refractivity contribution is -0.137. The molecule has 0 atom stereocenters. The summed E-state index contributed by atoms with van der Waals surface area (Å²) in [7, 11) is 1.30. The molecule has 0 spiro atoms.